The van der Waals surface area contributed by atoms with Gasteiger partial charge in [-0.2, -0.15) is 0 Å². The predicted octanol–water partition coefficient (Wildman–Crippen LogP) is 2.20. The molecule has 1 rings (SSSR count). The third kappa shape index (κ3) is 2.81. The highest BCUT2D eigenvalue weighted by atomic mass is 16.5. The Hall–Kier alpha value is -0.0151. The van der Waals surface area contributed by atoms with E-state index in [1.165, 1.54) is 0 Å². The van der Waals surface area contributed by atoms with Gasteiger partial charge in [-0.25, -0.2) is 0 Å². The van der Waals surface area contributed by atoms with Crippen LogP contribution in [0.4, 0.5) is 0 Å². The molecular formula is C13H25BO2. The van der Waals surface area contributed by atoms with Gasteiger partial charge in [-0.15, -0.1) is 0 Å². The zero-order valence-corrected chi connectivity index (χ0v) is 11.4. The van der Waals surface area contributed by atoms with Gasteiger partial charge in [0.15, 0.2) is 0 Å². The van der Waals surface area contributed by atoms with E-state index in [-0.39, 0.29) is 16.7 Å². The molecule has 4 unspecified atom stereocenters. The standard InChI is InChI=1S/C13H25BO2/c1-12(2,3)8-7-16-11(14)10(15)9(8)13(4,5)6/h8-11,15H,7H2,1-6H3. The molecule has 1 N–H and O–H groups in total. The van der Waals surface area contributed by atoms with Gasteiger partial charge in [0.05, 0.1) is 6.10 Å². The van der Waals surface area contributed by atoms with Crippen LogP contribution in [0.25, 0.3) is 0 Å². The SMILES string of the molecule is [B]C1OCC(C(C)(C)C)C(C(C)(C)C)C1O. The van der Waals surface area contributed by atoms with E-state index in [2.05, 4.69) is 41.5 Å². The first-order valence-electron chi connectivity index (χ1n) is 6.10. The largest absolute Gasteiger partial charge is 0.391 e. The summed E-state index contributed by atoms with van der Waals surface area (Å²) in [6.07, 6.45) is -0.571. The van der Waals surface area contributed by atoms with Crippen molar-refractivity contribution in [3.8, 4) is 0 Å². The molecule has 0 amide bonds. The maximum atomic E-state index is 10.3. The Morgan fingerprint density at radius 3 is 1.94 bits per heavy atom. The minimum absolute atomic E-state index is 0.0404. The van der Waals surface area contributed by atoms with Gasteiger partial charge < -0.3 is 9.84 Å². The van der Waals surface area contributed by atoms with Crippen molar-refractivity contribution in [2.45, 2.75) is 53.6 Å². The second-order valence-corrected chi connectivity index (χ2v) is 7.15. The summed E-state index contributed by atoms with van der Waals surface area (Å²) in [7, 11) is 5.80. The third-order valence-electron chi connectivity index (χ3n) is 3.72. The minimum Gasteiger partial charge on any atom is -0.391 e. The molecule has 0 aliphatic carbocycles. The van der Waals surface area contributed by atoms with Crippen LogP contribution in [0.15, 0.2) is 0 Å². The van der Waals surface area contributed by atoms with Crippen molar-refractivity contribution in [2.75, 3.05) is 6.61 Å². The summed E-state index contributed by atoms with van der Waals surface area (Å²) in [5.74, 6) is 0.513. The second-order valence-electron chi connectivity index (χ2n) is 7.15. The normalized spacial score (nSPS) is 37.4. The molecule has 92 valence electrons. The highest BCUT2D eigenvalue weighted by Crippen LogP contribution is 2.46. The van der Waals surface area contributed by atoms with E-state index in [4.69, 9.17) is 12.6 Å². The summed E-state index contributed by atoms with van der Waals surface area (Å²) in [5, 5.41) is 10.3. The summed E-state index contributed by atoms with van der Waals surface area (Å²) in [4.78, 5) is 0. The summed E-state index contributed by atoms with van der Waals surface area (Å²) in [5.41, 5.74) is 0.165. The zero-order valence-electron chi connectivity index (χ0n) is 11.4. The summed E-state index contributed by atoms with van der Waals surface area (Å²) < 4.78 is 5.48. The van der Waals surface area contributed by atoms with Crippen LogP contribution in [0, 0.1) is 22.7 Å². The summed E-state index contributed by atoms with van der Waals surface area (Å²) >= 11 is 0. The van der Waals surface area contributed by atoms with Gasteiger partial charge in [-0.3, -0.25) is 0 Å². The third-order valence-corrected chi connectivity index (χ3v) is 3.72. The van der Waals surface area contributed by atoms with Gasteiger partial charge in [0, 0.05) is 12.6 Å². The van der Waals surface area contributed by atoms with Gasteiger partial charge in [0.2, 0.25) is 0 Å². The van der Waals surface area contributed by atoms with Crippen molar-refractivity contribution in [1.82, 2.24) is 0 Å². The number of aliphatic hydroxyl groups is 1. The van der Waals surface area contributed by atoms with Crippen molar-refractivity contribution >= 4 is 7.85 Å². The lowest BCUT2D eigenvalue weighted by molar-refractivity contribution is -0.155. The highest BCUT2D eigenvalue weighted by Gasteiger charge is 2.47. The van der Waals surface area contributed by atoms with Gasteiger partial charge in [-0.1, -0.05) is 41.5 Å². The van der Waals surface area contributed by atoms with Gasteiger partial charge in [-0.05, 0) is 22.7 Å². The van der Waals surface area contributed by atoms with E-state index in [1.54, 1.807) is 0 Å². The van der Waals surface area contributed by atoms with Gasteiger partial charge in [0.25, 0.3) is 0 Å². The van der Waals surface area contributed by atoms with Crippen molar-refractivity contribution < 1.29 is 9.84 Å². The van der Waals surface area contributed by atoms with Crippen LogP contribution in [0.5, 0.6) is 0 Å². The molecule has 16 heavy (non-hydrogen) atoms. The van der Waals surface area contributed by atoms with Gasteiger partial charge >= 0.3 is 0 Å². The van der Waals surface area contributed by atoms with Crippen molar-refractivity contribution in [2.24, 2.45) is 22.7 Å². The second kappa shape index (κ2) is 4.34. The average molecular weight is 224 g/mol. The molecule has 2 radical (unpaired) electrons. The molecule has 0 aromatic rings. The molecule has 0 saturated carbocycles. The smallest absolute Gasteiger partial charge is 0.112 e. The van der Waals surface area contributed by atoms with Crippen LogP contribution in [-0.4, -0.2) is 31.7 Å². The van der Waals surface area contributed by atoms with Crippen LogP contribution < -0.4 is 0 Å². The quantitative estimate of drug-likeness (QED) is 0.639. The Balaban J connectivity index is 3.00. The van der Waals surface area contributed by atoms with Crippen LogP contribution >= 0.6 is 0 Å². The first-order valence-corrected chi connectivity index (χ1v) is 6.10. The number of hydrogen-bond acceptors (Lipinski definition) is 2. The predicted molar refractivity (Wildman–Crippen MR) is 67.4 cm³/mol. The topological polar surface area (TPSA) is 29.5 Å². The molecule has 1 heterocycles. The summed E-state index contributed by atoms with van der Waals surface area (Å²) in [6.45, 7) is 13.7. The maximum absolute atomic E-state index is 10.3. The van der Waals surface area contributed by atoms with E-state index >= 15 is 0 Å². The molecule has 1 fully saturated rings. The first kappa shape index (κ1) is 14.0. The molecular weight excluding hydrogens is 199 g/mol. The molecule has 0 aromatic carbocycles. The Morgan fingerprint density at radius 2 is 1.56 bits per heavy atom. The zero-order chi connectivity index (χ0) is 12.7. The fourth-order valence-electron chi connectivity index (χ4n) is 2.76. The fourth-order valence-corrected chi connectivity index (χ4v) is 2.76. The first-order chi connectivity index (χ1) is 7.05. The lowest BCUT2D eigenvalue weighted by Gasteiger charge is -2.50. The molecule has 1 aliphatic heterocycles. The lowest BCUT2D eigenvalue weighted by atomic mass is 9.59. The number of hydrogen-bond donors (Lipinski definition) is 1. The van der Waals surface area contributed by atoms with E-state index in [0.29, 0.717) is 12.5 Å². The molecule has 0 spiro atoms. The van der Waals surface area contributed by atoms with Crippen molar-refractivity contribution in [3.05, 3.63) is 0 Å². The lowest BCUT2D eigenvalue weighted by Crippen LogP contribution is -2.54. The van der Waals surface area contributed by atoms with E-state index in [0.717, 1.165) is 0 Å². The number of aliphatic hydroxyl groups excluding tert-OH is 1. The molecule has 2 nitrogen and oxygen atoms in total. The average Bonchev–Trinajstić information content (AvgIpc) is 2.05. The summed E-state index contributed by atoms with van der Waals surface area (Å²) in [6, 6.07) is -0.539. The molecule has 0 bridgehead atoms. The Morgan fingerprint density at radius 1 is 1.06 bits per heavy atom. The fraction of sp³-hybridized carbons (Fsp3) is 1.00. The Kier molecular flexibility index (Phi) is 3.81. The van der Waals surface area contributed by atoms with Crippen LogP contribution in [0.2, 0.25) is 0 Å². The van der Waals surface area contributed by atoms with Gasteiger partial charge in [0.1, 0.15) is 7.85 Å². The van der Waals surface area contributed by atoms with Crippen LogP contribution in [0.3, 0.4) is 0 Å². The van der Waals surface area contributed by atoms with E-state index < -0.39 is 12.1 Å². The van der Waals surface area contributed by atoms with E-state index in [9.17, 15) is 5.11 Å². The minimum atomic E-state index is -0.571. The highest BCUT2D eigenvalue weighted by molar-refractivity contribution is 6.11. The van der Waals surface area contributed by atoms with Crippen LogP contribution in [0.1, 0.15) is 41.5 Å². The maximum Gasteiger partial charge on any atom is 0.112 e. The number of ether oxygens (including phenoxy) is 1. The van der Waals surface area contributed by atoms with Crippen molar-refractivity contribution in [1.29, 1.82) is 0 Å². The van der Waals surface area contributed by atoms with Crippen LogP contribution in [-0.2, 0) is 4.74 Å². The monoisotopic (exact) mass is 224 g/mol. The molecule has 1 aliphatic rings. The van der Waals surface area contributed by atoms with Crippen molar-refractivity contribution in [3.63, 3.8) is 0 Å². The molecule has 4 atom stereocenters. The number of rotatable bonds is 0. The Bertz CT molecular complexity index is 239. The molecule has 1 saturated heterocycles. The molecule has 0 aromatic heterocycles. The molecule has 3 heteroatoms. The Labute approximate surface area is 101 Å². The van der Waals surface area contributed by atoms with E-state index in [1.807, 2.05) is 0 Å².